The lowest BCUT2D eigenvalue weighted by Gasteiger charge is -2.34. The summed E-state index contributed by atoms with van der Waals surface area (Å²) < 4.78 is 39.0. The van der Waals surface area contributed by atoms with Crippen molar-refractivity contribution in [3.63, 3.8) is 0 Å². The number of fused-ring (bicyclic) bond motifs is 2. The van der Waals surface area contributed by atoms with Crippen molar-refractivity contribution in [2.24, 2.45) is 0 Å². The van der Waals surface area contributed by atoms with E-state index in [1.807, 2.05) is 0 Å². The maximum absolute atomic E-state index is 13.4. The molecule has 1 saturated carbocycles. The van der Waals surface area contributed by atoms with Crippen LogP contribution >= 0.6 is 11.6 Å². The molecule has 34 heavy (non-hydrogen) atoms. The van der Waals surface area contributed by atoms with E-state index in [-0.39, 0.29) is 29.0 Å². The molecule has 0 saturated heterocycles. The lowest BCUT2D eigenvalue weighted by atomic mass is 9.91. The van der Waals surface area contributed by atoms with Crippen LogP contribution in [0.4, 0.5) is 24.5 Å². The molecule has 0 atom stereocenters. The summed E-state index contributed by atoms with van der Waals surface area (Å²) in [6, 6.07) is 5.73. The van der Waals surface area contributed by atoms with Gasteiger partial charge in [-0.3, -0.25) is 14.6 Å². The largest absolute Gasteiger partial charge is 0.416 e. The van der Waals surface area contributed by atoms with Gasteiger partial charge in [0.2, 0.25) is 11.2 Å². The average Bonchev–Trinajstić information content (AvgIpc) is 3.60. The van der Waals surface area contributed by atoms with E-state index in [1.54, 1.807) is 24.1 Å². The summed E-state index contributed by atoms with van der Waals surface area (Å²) in [4.78, 5) is 40.3. The van der Waals surface area contributed by atoms with Crippen LogP contribution in [0.5, 0.6) is 0 Å². The number of alkyl halides is 3. The molecular formula is C23H17ClF3N5O2. The summed E-state index contributed by atoms with van der Waals surface area (Å²) in [5.41, 5.74) is 0.900. The fourth-order valence-corrected chi connectivity index (χ4v) is 4.32. The van der Waals surface area contributed by atoms with Crippen molar-refractivity contribution >= 4 is 34.8 Å². The molecule has 1 aliphatic carbocycles. The molecule has 0 unspecified atom stereocenters. The minimum atomic E-state index is -4.56. The zero-order valence-corrected chi connectivity index (χ0v) is 18.5. The first-order chi connectivity index (χ1) is 16.1. The minimum absolute atomic E-state index is 0.0865. The minimum Gasteiger partial charge on any atom is -0.321 e. The highest BCUT2D eigenvalue weighted by Gasteiger charge is 2.58. The van der Waals surface area contributed by atoms with Gasteiger partial charge in [-0.25, -0.2) is 9.97 Å². The number of halogens is 4. The van der Waals surface area contributed by atoms with Crippen molar-refractivity contribution in [2.45, 2.75) is 37.9 Å². The molecule has 1 fully saturated rings. The fraction of sp³-hybridized carbons (Fsp3) is 0.261. The van der Waals surface area contributed by atoms with Crippen molar-refractivity contribution < 1.29 is 22.8 Å². The number of aromatic nitrogens is 3. The van der Waals surface area contributed by atoms with Crippen LogP contribution in [0.3, 0.4) is 0 Å². The van der Waals surface area contributed by atoms with Crippen LogP contribution in [-0.2, 0) is 22.9 Å². The summed E-state index contributed by atoms with van der Waals surface area (Å²) in [7, 11) is 0. The van der Waals surface area contributed by atoms with Crippen molar-refractivity contribution in [2.75, 3.05) is 10.2 Å². The van der Waals surface area contributed by atoms with Gasteiger partial charge in [0.1, 0.15) is 0 Å². The van der Waals surface area contributed by atoms with Gasteiger partial charge in [-0.05, 0) is 55.6 Å². The molecule has 3 heterocycles. The number of carbonyl (C=O) groups is 2. The van der Waals surface area contributed by atoms with Gasteiger partial charge in [-0.2, -0.15) is 13.2 Å². The third kappa shape index (κ3) is 3.77. The quantitative estimate of drug-likeness (QED) is 0.542. The molecule has 0 radical (unpaired) electrons. The second-order valence-corrected chi connectivity index (χ2v) is 8.69. The maximum atomic E-state index is 13.4. The highest BCUT2D eigenvalue weighted by atomic mass is 35.5. The van der Waals surface area contributed by atoms with Crippen LogP contribution in [-0.4, -0.2) is 26.8 Å². The molecule has 1 aliphatic heterocycles. The van der Waals surface area contributed by atoms with Crippen molar-refractivity contribution in [1.29, 1.82) is 0 Å². The number of aryl methyl sites for hydroxylation is 1. The molecule has 3 aromatic rings. The van der Waals surface area contributed by atoms with Gasteiger partial charge in [-0.1, -0.05) is 6.07 Å². The number of anilines is 2. The number of amides is 2. The summed E-state index contributed by atoms with van der Waals surface area (Å²) in [6.45, 7) is 1.94. The predicted molar refractivity (Wildman–Crippen MR) is 118 cm³/mol. The predicted octanol–water partition coefficient (Wildman–Crippen LogP) is 4.68. The lowest BCUT2D eigenvalue weighted by molar-refractivity contribution is -0.137. The third-order valence-corrected chi connectivity index (χ3v) is 6.26. The van der Waals surface area contributed by atoms with E-state index in [4.69, 9.17) is 11.6 Å². The van der Waals surface area contributed by atoms with Gasteiger partial charge in [0.15, 0.2) is 0 Å². The first-order valence-corrected chi connectivity index (χ1v) is 10.8. The maximum Gasteiger partial charge on any atom is 0.416 e. The highest BCUT2D eigenvalue weighted by molar-refractivity contribution is 6.28. The van der Waals surface area contributed by atoms with Crippen LogP contribution in [0.2, 0.25) is 5.28 Å². The molecule has 1 N–H and O–H groups in total. The second-order valence-electron chi connectivity index (χ2n) is 8.35. The van der Waals surface area contributed by atoms with Crippen LogP contribution in [0.25, 0.3) is 0 Å². The second kappa shape index (κ2) is 7.76. The highest BCUT2D eigenvalue weighted by Crippen LogP contribution is 2.53. The number of benzene rings is 1. The van der Waals surface area contributed by atoms with Gasteiger partial charge in [0.25, 0.3) is 5.91 Å². The Kier molecular flexibility index (Phi) is 5.09. The number of pyridine rings is 1. The number of rotatable bonds is 3. The molecule has 1 aromatic carbocycles. The molecule has 2 amide bonds. The number of hydrogen-bond donors (Lipinski definition) is 1. The number of nitrogens with zero attached hydrogens (tertiary/aromatic N) is 4. The molecular weight excluding hydrogens is 471 g/mol. The Morgan fingerprint density at radius 3 is 2.65 bits per heavy atom. The zero-order valence-electron chi connectivity index (χ0n) is 17.8. The molecule has 1 spiro atoms. The van der Waals surface area contributed by atoms with Crippen molar-refractivity contribution in [3.8, 4) is 0 Å². The van der Waals surface area contributed by atoms with Gasteiger partial charge in [0, 0.05) is 17.3 Å². The van der Waals surface area contributed by atoms with E-state index >= 15 is 0 Å². The summed E-state index contributed by atoms with van der Waals surface area (Å²) in [5.74, 6) is -0.860. The normalized spacial score (nSPS) is 16.4. The summed E-state index contributed by atoms with van der Waals surface area (Å²) in [5, 5.41) is 2.66. The molecule has 11 heteroatoms. The van der Waals surface area contributed by atoms with Crippen LogP contribution in [0, 0.1) is 6.92 Å². The first kappa shape index (κ1) is 22.3. The third-order valence-electron chi connectivity index (χ3n) is 6.08. The average molecular weight is 488 g/mol. The van der Waals surface area contributed by atoms with Crippen LogP contribution in [0.15, 0.2) is 42.7 Å². The van der Waals surface area contributed by atoms with Gasteiger partial charge < -0.3 is 10.2 Å². The molecule has 7 nitrogen and oxygen atoms in total. The van der Waals surface area contributed by atoms with E-state index in [2.05, 4.69) is 20.3 Å². The van der Waals surface area contributed by atoms with E-state index in [0.717, 1.165) is 17.7 Å². The molecule has 174 valence electrons. The Labute approximate surface area is 197 Å². The molecule has 2 aliphatic rings. The lowest BCUT2D eigenvalue weighted by Crippen LogP contribution is -2.45. The van der Waals surface area contributed by atoms with Crippen molar-refractivity contribution in [1.82, 2.24) is 15.0 Å². The topological polar surface area (TPSA) is 88.1 Å². The van der Waals surface area contributed by atoms with Crippen LogP contribution < -0.4 is 10.2 Å². The van der Waals surface area contributed by atoms with Crippen molar-refractivity contribution in [3.05, 3.63) is 76.1 Å². The Hall–Kier alpha value is -3.53. The first-order valence-electron chi connectivity index (χ1n) is 10.4. The molecule has 5 rings (SSSR count). The smallest absolute Gasteiger partial charge is 0.321 e. The fourth-order valence-electron chi connectivity index (χ4n) is 4.19. The van der Waals surface area contributed by atoms with Gasteiger partial charge >= 0.3 is 6.18 Å². The Bertz CT molecular complexity index is 1340. The van der Waals surface area contributed by atoms with Gasteiger partial charge in [-0.15, -0.1) is 0 Å². The zero-order chi connectivity index (χ0) is 24.3. The Morgan fingerprint density at radius 2 is 1.94 bits per heavy atom. The SMILES string of the molecule is Cc1ncc(NC(=O)c2cccc(C(F)(F)F)c2)cc1N1Cc2cnc(Cl)nc2C2(CC2)C1=O. The Morgan fingerprint density at radius 1 is 1.18 bits per heavy atom. The van der Waals surface area contributed by atoms with E-state index in [1.165, 1.54) is 18.3 Å². The summed E-state index contributed by atoms with van der Waals surface area (Å²) in [6.07, 6.45) is -0.288. The monoisotopic (exact) mass is 487 g/mol. The van der Waals surface area contributed by atoms with E-state index in [9.17, 15) is 22.8 Å². The van der Waals surface area contributed by atoms with E-state index < -0.39 is 23.1 Å². The number of nitrogens with one attached hydrogen (secondary N) is 1. The molecule has 0 bridgehead atoms. The molecule has 2 aromatic heterocycles. The number of carbonyl (C=O) groups excluding carboxylic acids is 2. The Balaban J connectivity index is 1.45. The van der Waals surface area contributed by atoms with Crippen LogP contribution in [0.1, 0.15) is 45.7 Å². The standard InChI is InChI=1S/C23H17ClF3N5O2/c1-12-17(32-11-14-9-29-21(24)31-18(14)22(5-6-22)20(32)34)8-16(10-28-12)30-19(33)13-3-2-4-15(7-13)23(25,26)27/h2-4,7-10H,5-6,11H2,1H3,(H,30,33). The van der Waals surface area contributed by atoms with E-state index in [0.29, 0.717) is 29.9 Å². The number of hydrogen-bond acceptors (Lipinski definition) is 5. The summed E-state index contributed by atoms with van der Waals surface area (Å²) >= 11 is 5.95. The van der Waals surface area contributed by atoms with Gasteiger partial charge in [0.05, 0.1) is 46.5 Å².